The molecule has 0 N–H and O–H groups in total. The third-order valence-electron chi connectivity index (χ3n) is 5.11. The third kappa shape index (κ3) is 3.22. The van der Waals surface area contributed by atoms with Crippen LogP contribution in [0.4, 0.5) is 4.79 Å². The lowest BCUT2D eigenvalue weighted by Gasteiger charge is -2.28. The van der Waals surface area contributed by atoms with Crippen molar-refractivity contribution in [1.29, 1.82) is 0 Å². The van der Waals surface area contributed by atoms with Gasteiger partial charge in [0.05, 0.1) is 13.2 Å². The minimum atomic E-state index is -1.43. The molecule has 140 valence electrons. The standard InChI is InChI=1S/C21H22N2O4/c24-19-21(17-7-3-1-4-8-17,18-9-5-2-6-10-18)27-20(25)23(19)12-11-22-13-15-26-16-14-22/h1-10H,11-16H2. The van der Waals surface area contributed by atoms with Gasteiger partial charge >= 0.3 is 6.09 Å². The molecule has 6 heteroatoms. The van der Waals surface area contributed by atoms with Crippen molar-refractivity contribution in [3.63, 3.8) is 0 Å². The van der Waals surface area contributed by atoms with Crippen LogP contribution in [-0.4, -0.2) is 61.2 Å². The minimum absolute atomic E-state index is 0.305. The quantitative estimate of drug-likeness (QED) is 0.812. The Morgan fingerprint density at radius 3 is 1.93 bits per heavy atom. The molecule has 27 heavy (non-hydrogen) atoms. The highest BCUT2D eigenvalue weighted by molar-refractivity contribution is 6.05. The van der Waals surface area contributed by atoms with Crippen molar-refractivity contribution in [2.24, 2.45) is 0 Å². The van der Waals surface area contributed by atoms with Crippen LogP contribution in [0.1, 0.15) is 11.1 Å². The predicted molar refractivity (Wildman–Crippen MR) is 99.1 cm³/mol. The molecule has 2 amide bonds. The van der Waals surface area contributed by atoms with Gasteiger partial charge in [-0.05, 0) is 0 Å². The van der Waals surface area contributed by atoms with Gasteiger partial charge in [-0.25, -0.2) is 9.69 Å². The zero-order valence-corrected chi connectivity index (χ0v) is 15.0. The van der Waals surface area contributed by atoms with Crippen LogP contribution >= 0.6 is 0 Å². The Balaban J connectivity index is 1.64. The lowest BCUT2D eigenvalue weighted by Crippen LogP contribution is -2.45. The number of cyclic esters (lactones) is 1. The Labute approximate surface area is 158 Å². The van der Waals surface area contributed by atoms with Gasteiger partial charge < -0.3 is 9.47 Å². The second-order valence-electron chi connectivity index (χ2n) is 6.69. The normalized spacial score (nSPS) is 19.9. The van der Waals surface area contributed by atoms with Crippen molar-refractivity contribution in [3.8, 4) is 0 Å². The van der Waals surface area contributed by atoms with Gasteiger partial charge in [-0.2, -0.15) is 0 Å². The van der Waals surface area contributed by atoms with Crippen LogP contribution in [0.15, 0.2) is 60.7 Å². The van der Waals surface area contributed by atoms with Gasteiger partial charge in [0.25, 0.3) is 5.91 Å². The molecular weight excluding hydrogens is 344 g/mol. The second-order valence-corrected chi connectivity index (χ2v) is 6.69. The van der Waals surface area contributed by atoms with E-state index in [0.717, 1.165) is 13.1 Å². The molecule has 2 aromatic carbocycles. The van der Waals surface area contributed by atoms with E-state index in [1.54, 1.807) is 0 Å². The van der Waals surface area contributed by atoms with E-state index in [0.29, 0.717) is 37.4 Å². The van der Waals surface area contributed by atoms with Crippen LogP contribution in [0.25, 0.3) is 0 Å². The Kier molecular flexibility index (Phi) is 4.92. The number of morpholine rings is 1. The zero-order chi connectivity index (χ0) is 18.7. The first-order chi connectivity index (χ1) is 13.2. The number of carbonyl (C=O) groups is 2. The van der Waals surface area contributed by atoms with Crippen LogP contribution < -0.4 is 0 Å². The third-order valence-corrected chi connectivity index (χ3v) is 5.11. The summed E-state index contributed by atoms with van der Waals surface area (Å²) >= 11 is 0. The Bertz CT molecular complexity index is 764. The molecule has 0 unspecified atom stereocenters. The van der Waals surface area contributed by atoms with Crippen LogP contribution in [0.5, 0.6) is 0 Å². The summed E-state index contributed by atoms with van der Waals surface area (Å²) in [7, 11) is 0. The van der Waals surface area contributed by atoms with Crippen molar-refractivity contribution in [2.45, 2.75) is 5.60 Å². The fraction of sp³-hybridized carbons (Fsp3) is 0.333. The van der Waals surface area contributed by atoms with E-state index in [2.05, 4.69) is 4.90 Å². The molecule has 4 rings (SSSR count). The molecule has 0 atom stereocenters. The zero-order valence-electron chi connectivity index (χ0n) is 15.0. The summed E-state index contributed by atoms with van der Waals surface area (Å²) in [5.41, 5.74) is -0.114. The Morgan fingerprint density at radius 2 is 1.37 bits per heavy atom. The van der Waals surface area contributed by atoms with E-state index in [4.69, 9.17) is 9.47 Å². The topological polar surface area (TPSA) is 59.1 Å². The fourth-order valence-corrected chi connectivity index (χ4v) is 3.64. The highest BCUT2D eigenvalue weighted by atomic mass is 16.6. The van der Waals surface area contributed by atoms with Gasteiger partial charge in [0.1, 0.15) is 0 Å². The number of imide groups is 1. The molecule has 0 radical (unpaired) electrons. The van der Waals surface area contributed by atoms with Crippen molar-refractivity contribution in [3.05, 3.63) is 71.8 Å². The van der Waals surface area contributed by atoms with Gasteiger partial charge in [0, 0.05) is 37.3 Å². The molecule has 2 aliphatic rings. The molecule has 2 aromatic rings. The number of hydrogen-bond donors (Lipinski definition) is 0. The molecule has 0 aliphatic carbocycles. The average molecular weight is 366 g/mol. The number of nitrogens with zero attached hydrogens (tertiary/aromatic N) is 2. The van der Waals surface area contributed by atoms with E-state index < -0.39 is 11.7 Å². The molecule has 0 bridgehead atoms. The van der Waals surface area contributed by atoms with Crippen molar-refractivity contribution < 1.29 is 19.1 Å². The molecule has 0 spiro atoms. The maximum absolute atomic E-state index is 13.4. The number of amides is 2. The summed E-state index contributed by atoms with van der Waals surface area (Å²) in [6.45, 7) is 3.88. The van der Waals surface area contributed by atoms with Gasteiger partial charge in [-0.15, -0.1) is 0 Å². The molecular formula is C21H22N2O4. The van der Waals surface area contributed by atoms with Gasteiger partial charge in [0.2, 0.25) is 5.60 Å². The number of carbonyl (C=O) groups excluding carboxylic acids is 2. The van der Waals surface area contributed by atoms with Crippen LogP contribution in [-0.2, 0) is 19.9 Å². The highest BCUT2D eigenvalue weighted by Gasteiger charge is 2.56. The largest absolute Gasteiger partial charge is 0.422 e. The molecule has 2 aliphatic heterocycles. The van der Waals surface area contributed by atoms with E-state index in [1.807, 2.05) is 60.7 Å². The van der Waals surface area contributed by atoms with Crippen LogP contribution in [0.3, 0.4) is 0 Å². The molecule has 0 saturated carbocycles. The summed E-state index contributed by atoms with van der Waals surface area (Å²) in [5.74, 6) is -0.335. The SMILES string of the molecule is O=C1OC(c2ccccc2)(c2ccccc2)C(=O)N1CCN1CCOCC1. The lowest BCUT2D eigenvalue weighted by molar-refractivity contribution is -0.135. The van der Waals surface area contributed by atoms with E-state index in [1.165, 1.54) is 4.90 Å². The smallest absolute Gasteiger partial charge is 0.418 e. The Morgan fingerprint density at radius 1 is 0.815 bits per heavy atom. The van der Waals surface area contributed by atoms with Crippen LogP contribution in [0, 0.1) is 0 Å². The van der Waals surface area contributed by atoms with E-state index in [9.17, 15) is 9.59 Å². The summed E-state index contributed by atoms with van der Waals surface area (Å²) in [5, 5.41) is 0. The minimum Gasteiger partial charge on any atom is -0.422 e. The Hall–Kier alpha value is -2.70. The van der Waals surface area contributed by atoms with Gasteiger partial charge in [0.15, 0.2) is 0 Å². The first-order valence-electron chi connectivity index (χ1n) is 9.18. The molecule has 2 heterocycles. The van der Waals surface area contributed by atoms with Gasteiger partial charge in [-0.3, -0.25) is 9.69 Å². The van der Waals surface area contributed by atoms with Crippen LogP contribution in [0.2, 0.25) is 0 Å². The van der Waals surface area contributed by atoms with Crippen molar-refractivity contribution in [1.82, 2.24) is 9.80 Å². The number of rotatable bonds is 5. The summed E-state index contributed by atoms with van der Waals surface area (Å²) < 4.78 is 11.1. The molecule has 2 saturated heterocycles. The molecule has 6 nitrogen and oxygen atoms in total. The number of ether oxygens (including phenoxy) is 2. The highest BCUT2D eigenvalue weighted by Crippen LogP contribution is 2.40. The van der Waals surface area contributed by atoms with Gasteiger partial charge in [-0.1, -0.05) is 60.7 Å². The average Bonchev–Trinajstić information content (AvgIpc) is 2.99. The van der Waals surface area contributed by atoms with Crippen molar-refractivity contribution >= 4 is 12.0 Å². The second kappa shape index (κ2) is 7.50. The predicted octanol–water partition coefficient (Wildman–Crippen LogP) is 2.24. The molecule has 0 aromatic heterocycles. The summed E-state index contributed by atoms with van der Waals surface area (Å²) in [6.07, 6.45) is -0.596. The lowest BCUT2D eigenvalue weighted by atomic mass is 9.85. The summed E-state index contributed by atoms with van der Waals surface area (Å²) in [6, 6.07) is 18.4. The van der Waals surface area contributed by atoms with E-state index >= 15 is 0 Å². The molecule has 2 fully saturated rings. The first-order valence-corrected chi connectivity index (χ1v) is 9.18. The van der Waals surface area contributed by atoms with E-state index in [-0.39, 0.29) is 5.91 Å². The summed E-state index contributed by atoms with van der Waals surface area (Å²) in [4.78, 5) is 29.5. The maximum atomic E-state index is 13.4. The maximum Gasteiger partial charge on any atom is 0.418 e. The number of hydrogen-bond acceptors (Lipinski definition) is 5. The fourth-order valence-electron chi connectivity index (χ4n) is 3.64. The first kappa shape index (κ1) is 17.7. The number of benzene rings is 2. The van der Waals surface area contributed by atoms with Crippen molar-refractivity contribution in [2.75, 3.05) is 39.4 Å². The monoisotopic (exact) mass is 366 g/mol.